The van der Waals surface area contributed by atoms with E-state index in [4.69, 9.17) is 17.7 Å². The fourth-order valence-electron chi connectivity index (χ4n) is 1.90. The molecule has 1 atom stereocenters. The average molecular weight is 259 g/mol. The first-order valence-electron chi connectivity index (χ1n) is 5.67. The molecule has 0 radical (unpaired) electrons. The van der Waals surface area contributed by atoms with Crippen molar-refractivity contribution in [2.24, 2.45) is 0 Å². The summed E-state index contributed by atoms with van der Waals surface area (Å²) in [6, 6.07) is 0. The summed E-state index contributed by atoms with van der Waals surface area (Å²) in [5.74, 6) is -0.568. The molecule has 3 saturated heterocycles. The Bertz CT molecular complexity index is 301. The molecule has 3 aliphatic rings. The highest BCUT2D eigenvalue weighted by Gasteiger charge is 2.53. The molecule has 3 heterocycles. The molecule has 0 aromatic carbocycles. The van der Waals surface area contributed by atoms with Crippen molar-refractivity contribution in [3.63, 3.8) is 0 Å². The van der Waals surface area contributed by atoms with E-state index < -0.39 is 15.0 Å². The van der Waals surface area contributed by atoms with Crippen LogP contribution in [0.3, 0.4) is 0 Å². The second-order valence-corrected chi connectivity index (χ2v) is 6.07. The number of carbonyl (C=O) groups excluding carboxylic acids is 1. The van der Waals surface area contributed by atoms with Gasteiger partial charge in [-0.2, -0.15) is 0 Å². The second-order valence-electron chi connectivity index (χ2n) is 4.05. The van der Waals surface area contributed by atoms with Crippen molar-refractivity contribution in [3.05, 3.63) is 12.7 Å². The zero-order chi connectivity index (χ0) is 12.3. The van der Waals surface area contributed by atoms with Gasteiger partial charge in [-0.1, -0.05) is 6.58 Å². The molecule has 3 fully saturated rings. The molecule has 3 aliphatic heterocycles. The summed E-state index contributed by atoms with van der Waals surface area (Å²) in [5, 5.41) is 0. The number of fused-ring (bicyclic) bond motifs is 6. The summed E-state index contributed by atoms with van der Waals surface area (Å²) in [6.07, 6.45) is 1.01. The quantitative estimate of drug-likeness (QED) is 0.510. The molecule has 1 unspecified atom stereocenters. The molecule has 96 valence electrons. The van der Waals surface area contributed by atoms with Crippen molar-refractivity contribution in [3.8, 4) is 0 Å². The van der Waals surface area contributed by atoms with Gasteiger partial charge >= 0.3 is 15.0 Å². The van der Waals surface area contributed by atoms with Crippen LogP contribution in [0.5, 0.6) is 0 Å². The van der Waals surface area contributed by atoms with Gasteiger partial charge in [0.2, 0.25) is 0 Å². The van der Waals surface area contributed by atoms with Crippen molar-refractivity contribution >= 4 is 15.0 Å². The lowest BCUT2D eigenvalue weighted by molar-refractivity contribution is -0.145. The molecule has 2 bridgehead atoms. The van der Waals surface area contributed by atoms with Crippen molar-refractivity contribution < 1.29 is 22.5 Å². The van der Waals surface area contributed by atoms with E-state index in [1.807, 2.05) is 6.92 Å². The second kappa shape index (κ2) is 5.28. The van der Waals surface area contributed by atoms with E-state index in [1.54, 1.807) is 0 Å². The Kier molecular flexibility index (Phi) is 3.95. The Morgan fingerprint density at radius 3 is 2.71 bits per heavy atom. The Morgan fingerprint density at radius 2 is 2.12 bits per heavy atom. The third-order valence-corrected chi connectivity index (χ3v) is 4.88. The number of hydrogen-bond acceptors (Lipinski definition) is 6. The summed E-state index contributed by atoms with van der Waals surface area (Å²) in [5.41, 5.74) is 0. The van der Waals surface area contributed by atoms with E-state index in [2.05, 4.69) is 11.5 Å². The summed E-state index contributed by atoms with van der Waals surface area (Å²) < 4.78 is 22.0. The van der Waals surface area contributed by atoms with E-state index >= 15 is 0 Å². The first-order chi connectivity index (χ1) is 8.13. The predicted octanol–water partition coefficient (Wildman–Crippen LogP) is -0.0813. The summed E-state index contributed by atoms with van der Waals surface area (Å²) in [7, 11) is -3.32. The predicted molar refractivity (Wildman–Crippen MR) is 60.9 cm³/mol. The fourth-order valence-corrected chi connectivity index (χ4v) is 3.86. The van der Waals surface area contributed by atoms with Crippen molar-refractivity contribution in [1.29, 1.82) is 0 Å². The molecule has 0 amide bonds. The van der Waals surface area contributed by atoms with Crippen LogP contribution in [0.1, 0.15) is 6.92 Å². The van der Waals surface area contributed by atoms with Crippen molar-refractivity contribution in [1.82, 2.24) is 4.90 Å². The minimum Gasteiger partial charge on any atom is -0.449 e. The van der Waals surface area contributed by atoms with Gasteiger partial charge < -0.3 is 17.7 Å². The Balaban J connectivity index is 2.14. The zero-order valence-corrected chi connectivity index (χ0v) is 10.9. The highest BCUT2D eigenvalue weighted by molar-refractivity contribution is 6.55. The lowest BCUT2D eigenvalue weighted by atomic mass is 10.3. The number of nitrogens with zero attached hydrogens (tertiary/aromatic N) is 1. The molecule has 0 saturated carbocycles. The van der Waals surface area contributed by atoms with Crippen LogP contribution in [0.25, 0.3) is 0 Å². The van der Waals surface area contributed by atoms with Crippen LogP contribution >= 0.6 is 0 Å². The first kappa shape index (κ1) is 12.7. The van der Waals surface area contributed by atoms with Crippen LogP contribution in [0.15, 0.2) is 12.7 Å². The molecule has 7 heteroatoms. The lowest BCUT2D eigenvalue weighted by Gasteiger charge is -2.38. The third kappa shape index (κ3) is 3.14. The van der Waals surface area contributed by atoms with Gasteiger partial charge in [0, 0.05) is 25.7 Å². The summed E-state index contributed by atoms with van der Waals surface area (Å²) >= 11 is 0. The van der Waals surface area contributed by atoms with Gasteiger partial charge in [-0.15, -0.1) is 0 Å². The van der Waals surface area contributed by atoms with E-state index in [0.717, 1.165) is 25.7 Å². The molecule has 0 aromatic rings. The highest BCUT2D eigenvalue weighted by Crippen LogP contribution is 2.20. The maximum atomic E-state index is 11.3. The van der Waals surface area contributed by atoms with Crippen molar-refractivity contribution in [2.75, 3.05) is 32.8 Å². The molecule has 0 aliphatic carbocycles. The minimum absolute atomic E-state index is 0.0834. The van der Waals surface area contributed by atoms with Crippen LogP contribution in [-0.2, 0) is 22.5 Å². The molecule has 0 aromatic heterocycles. The van der Waals surface area contributed by atoms with Crippen LogP contribution in [-0.4, -0.2) is 58.9 Å². The molecular formula is C10H17NO5Si. The maximum Gasteiger partial charge on any atom is 0.752 e. The van der Waals surface area contributed by atoms with Gasteiger partial charge in [-0.05, 0) is 6.92 Å². The smallest absolute Gasteiger partial charge is 0.449 e. The number of rotatable bonds is 2. The summed E-state index contributed by atoms with van der Waals surface area (Å²) in [6.45, 7) is 8.58. The molecule has 0 spiro atoms. The van der Waals surface area contributed by atoms with Crippen molar-refractivity contribution in [2.45, 2.75) is 13.0 Å². The number of carbonyl (C=O) groups is 1. The molecule has 0 N–H and O–H groups in total. The first-order valence-corrected chi connectivity index (χ1v) is 7.30. The normalized spacial score (nSPS) is 37.7. The Labute approximate surface area is 102 Å². The number of hydrogen-bond donors (Lipinski definition) is 0. The minimum atomic E-state index is -3.32. The Morgan fingerprint density at radius 1 is 1.47 bits per heavy atom. The zero-order valence-electron chi connectivity index (χ0n) is 9.89. The maximum absolute atomic E-state index is 11.3. The van der Waals surface area contributed by atoms with E-state index in [9.17, 15) is 4.79 Å². The van der Waals surface area contributed by atoms with E-state index in [0.29, 0.717) is 13.2 Å². The fraction of sp³-hybridized carbons (Fsp3) is 0.700. The van der Waals surface area contributed by atoms with Gasteiger partial charge in [0.05, 0.1) is 19.3 Å². The van der Waals surface area contributed by atoms with Gasteiger partial charge in [0.1, 0.15) is 0 Å². The molecular weight excluding hydrogens is 242 g/mol. The third-order valence-electron chi connectivity index (χ3n) is 2.63. The SMILES string of the molecule is C=CC(=O)O[Si]12OCCN(CCO1)CC(C)O2. The van der Waals surface area contributed by atoms with Crippen LogP contribution in [0.2, 0.25) is 0 Å². The van der Waals surface area contributed by atoms with Gasteiger partial charge in [0.25, 0.3) is 0 Å². The van der Waals surface area contributed by atoms with Crippen LogP contribution in [0, 0.1) is 0 Å². The molecule has 6 nitrogen and oxygen atoms in total. The van der Waals surface area contributed by atoms with Gasteiger partial charge in [-0.25, -0.2) is 4.79 Å². The lowest BCUT2D eigenvalue weighted by Crippen LogP contribution is -2.59. The summed E-state index contributed by atoms with van der Waals surface area (Å²) in [4.78, 5) is 13.5. The van der Waals surface area contributed by atoms with E-state index in [-0.39, 0.29) is 6.10 Å². The monoisotopic (exact) mass is 259 g/mol. The molecule has 17 heavy (non-hydrogen) atoms. The Hall–Kier alpha value is -0.733. The van der Waals surface area contributed by atoms with E-state index in [1.165, 1.54) is 0 Å². The standard InChI is InChI=1S/C10H17NO5Si/c1-3-10(12)16-17-13-6-4-11(5-7-14-17)8-9(2)15-17/h3,9H,1,4-8H2,2H3. The topological polar surface area (TPSA) is 57.2 Å². The van der Waals surface area contributed by atoms with Crippen LogP contribution < -0.4 is 0 Å². The largest absolute Gasteiger partial charge is 0.752 e. The van der Waals surface area contributed by atoms with Crippen LogP contribution in [0.4, 0.5) is 0 Å². The van der Waals surface area contributed by atoms with Gasteiger partial charge in [0.15, 0.2) is 0 Å². The highest BCUT2D eigenvalue weighted by atomic mass is 28.4. The molecule has 3 rings (SSSR count). The van der Waals surface area contributed by atoms with Gasteiger partial charge in [-0.3, -0.25) is 4.90 Å². The average Bonchev–Trinajstić information content (AvgIpc) is 2.22.